The molecule has 3 N–H and O–H groups in total. The number of rotatable bonds is 11. The monoisotopic (exact) mass is 643 g/mol. The van der Waals surface area contributed by atoms with E-state index in [1.54, 1.807) is 6.07 Å². The number of aliphatic imine (C=N–C) groups is 1. The average molecular weight is 644 g/mol. The van der Waals surface area contributed by atoms with E-state index in [0.717, 1.165) is 29.7 Å². The van der Waals surface area contributed by atoms with E-state index in [-0.39, 0.29) is 29.6 Å². The maximum atomic E-state index is 14.9. The highest BCUT2D eigenvalue weighted by atomic mass is 32.2. The van der Waals surface area contributed by atoms with Crippen LogP contribution in [0, 0.1) is 12.7 Å². The van der Waals surface area contributed by atoms with E-state index in [2.05, 4.69) is 37.4 Å². The SMILES string of the molecule is CCCc1ccc(C)cc1N1C(=O)CS/C1=N\C(O)Nc1ccc(NCc2ncn(-c3ccc(OC(F)(F)F)cc3)n2)cc1F. The zero-order valence-electron chi connectivity index (χ0n) is 24.2. The molecule has 45 heavy (non-hydrogen) atoms. The summed E-state index contributed by atoms with van der Waals surface area (Å²) in [4.78, 5) is 22.7. The quantitative estimate of drug-likeness (QED) is 0.135. The van der Waals surface area contributed by atoms with Crippen LogP contribution >= 0.6 is 11.8 Å². The lowest BCUT2D eigenvalue weighted by atomic mass is 10.0. The Hall–Kier alpha value is -4.63. The van der Waals surface area contributed by atoms with Crippen LogP contribution in [0.3, 0.4) is 0 Å². The number of anilines is 3. The predicted molar refractivity (Wildman–Crippen MR) is 164 cm³/mol. The highest BCUT2D eigenvalue weighted by Crippen LogP contribution is 2.32. The first kappa shape index (κ1) is 31.8. The molecule has 0 bridgehead atoms. The Bertz CT molecular complexity index is 1700. The minimum Gasteiger partial charge on any atom is -0.406 e. The summed E-state index contributed by atoms with van der Waals surface area (Å²) in [5.74, 6) is -0.636. The number of nitrogens with zero attached hydrogens (tertiary/aromatic N) is 5. The fraction of sp³-hybridized carbons (Fsp3) is 0.267. The molecule has 2 heterocycles. The number of alkyl halides is 3. The molecule has 0 spiro atoms. The van der Waals surface area contributed by atoms with Crippen molar-refractivity contribution in [3.63, 3.8) is 0 Å². The van der Waals surface area contributed by atoms with E-state index in [1.807, 2.05) is 25.1 Å². The minimum atomic E-state index is -4.78. The zero-order valence-corrected chi connectivity index (χ0v) is 25.0. The standard InChI is InChI=1S/C30H29F4N7O3S/c1-3-4-19-6-5-18(2)13-25(19)41-27(42)16-45-29(41)38-28(43)37-24-12-7-20(14-23(24)31)35-15-26-36-17-40(39-26)21-8-10-22(11-9-21)44-30(32,33)34/h5-14,17,28,35,37,43H,3-4,15-16H2,1-2H3/b38-29-. The van der Waals surface area contributed by atoms with Crippen molar-refractivity contribution >= 4 is 39.9 Å². The molecule has 3 aromatic carbocycles. The summed E-state index contributed by atoms with van der Waals surface area (Å²) in [5.41, 5.74) is 3.60. The van der Waals surface area contributed by atoms with Crippen LogP contribution in [0.4, 0.5) is 34.6 Å². The van der Waals surface area contributed by atoms with E-state index >= 15 is 0 Å². The molecule has 1 fully saturated rings. The number of hydrogen-bond donors (Lipinski definition) is 3. The number of carbonyl (C=O) groups is 1. The molecule has 1 amide bonds. The number of ether oxygens (including phenoxy) is 1. The molecule has 10 nitrogen and oxygen atoms in total. The first-order valence-electron chi connectivity index (χ1n) is 13.9. The van der Waals surface area contributed by atoms with Gasteiger partial charge in [-0.05, 0) is 73.0 Å². The summed E-state index contributed by atoms with van der Waals surface area (Å²) in [6.07, 6.45) is -3.23. The zero-order chi connectivity index (χ0) is 32.1. The molecular formula is C30H29F4N7O3S. The number of aliphatic hydroxyl groups excluding tert-OH is 1. The number of aromatic nitrogens is 3. The molecule has 1 unspecified atom stereocenters. The summed E-state index contributed by atoms with van der Waals surface area (Å²) in [6, 6.07) is 15.3. The van der Waals surface area contributed by atoms with Crippen molar-refractivity contribution < 1.29 is 32.2 Å². The first-order chi connectivity index (χ1) is 21.5. The Morgan fingerprint density at radius 3 is 2.62 bits per heavy atom. The molecule has 0 aliphatic carbocycles. The van der Waals surface area contributed by atoms with Crippen molar-refractivity contribution in [3.8, 4) is 11.4 Å². The van der Waals surface area contributed by atoms with E-state index in [4.69, 9.17) is 0 Å². The lowest BCUT2D eigenvalue weighted by Gasteiger charge is -2.21. The molecular weight excluding hydrogens is 614 g/mol. The second-order valence-corrected chi connectivity index (χ2v) is 11.0. The Labute approximate surface area is 260 Å². The maximum Gasteiger partial charge on any atom is 0.573 e. The third kappa shape index (κ3) is 8.10. The van der Waals surface area contributed by atoms with Crippen LogP contribution in [0.15, 0.2) is 72.0 Å². The van der Waals surface area contributed by atoms with E-state index in [9.17, 15) is 27.5 Å². The molecule has 0 saturated carbocycles. The van der Waals surface area contributed by atoms with Crippen molar-refractivity contribution in [3.05, 3.63) is 89.8 Å². The van der Waals surface area contributed by atoms with Gasteiger partial charge in [0.15, 0.2) is 11.0 Å². The summed E-state index contributed by atoms with van der Waals surface area (Å²) >= 11 is 1.20. The number of hydrogen-bond acceptors (Lipinski definition) is 9. The molecule has 5 rings (SSSR count). The summed E-state index contributed by atoms with van der Waals surface area (Å²) in [5, 5.41) is 20.9. The highest BCUT2D eigenvalue weighted by Gasteiger charge is 2.32. The van der Waals surface area contributed by atoms with Gasteiger partial charge in [0.05, 0.1) is 29.4 Å². The molecule has 15 heteroatoms. The number of nitrogens with one attached hydrogen (secondary N) is 2. The van der Waals surface area contributed by atoms with Gasteiger partial charge >= 0.3 is 6.36 Å². The molecule has 236 valence electrons. The van der Waals surface area contributed by atoms with Crippen LogP contribution in [0.1, 0.15) is 30.3 Å². The Balaban J connectivity index is 1.20. The summed E-state index contributed by atoms with van der Waals surface area (Å²) in [6.45, 7) is 4.12. The van der Waals surface area contributed by atoms with Gasteiger partial charge in [-0.1, -0.05) is 37.2 Å². The van der Waals surface area contributed by atoms with Crippen LogP contribution < -0.4 is 20.3 Å². The molecule has 0 radical (unpaired) electrons. The van der Waals surface area contributed by atoms with Gasteiger partial charge in [-0.25, -0.2) is 19.0 Å². The topological polar surface area (TPSA) is 117 Å². The Morgan fingerprint density at radius 2 is 1.91 bits per heavy atom. The average Bonchev–Trinajstić information content (AvgIpc) is 3.60. The van der Waals surface area contributed by atoms with Gasteiger partial charge < -0.3 is 20.5 Å². The minimum absolute atomic E-state index is 0.000790. The van der Waals surface area contributed by atoms with Crippen molar-refractivity contribution in [2.24, 2.45) is 4.99 Å². The molecule has 4 aromatic rings. The second kappa shape index (κ2) is 13.6. The number of aliphatic hydroxyl groups is 1. The molecule has 1 atom stereocenters. The molecule has 1 aliphatic heterocycles. The summed E-state index contributed by atoms with van der Waals surface area (Å²) in [7, 11) is 0. The van der Waals surface area contributed by atoms with Crippen molar-refractivity contribution in [2.45, 2.75) is 45.9 Å². The van der Waals surface area contributed by atoms with Crippen LogP contribution in [-0.4, -0.2) is 49.4 Å². The van der Waals surface area contributed by atoms with Gasteiger partial charge in [-0.15, -0.1) is 18.3 Å². The lowest BCUT2D eigenvalue weighted by Crippen LogP contribution is -2.32. The number of aryl methyl sites for hydroxylation is 2. The van der Waals surface area contributed by atoms with Gasteiger partial charge in [0.25, 0.3) is 0 Å². The maximum absolute atomic E-state index is 14.9. The van der Waals surface area contributed by atoms with Gasteiger partial charge in [0.2, 0.25) is 12.3 Å². The highest BCUT2D eigenvalue weighted by molar-refractivity contribution is 8.15. The third-order valence-corrected chi connectivity index (χ3v) is 7.52. The number of carbonyl (C=O) groups excluding carboxylic acids is 1. The Kier molecular flexibility index (Phi) is 9.58. The fourth-order valence-electron chi connectivity index (χ4n) is 4.56. The summed E-state index contributed by atoms with van der Waals surface area (Å²) < 4.78 is 57.3. The van der Waals surface area contributed by atoms with Crippen molar-refractivity contribution in [1.82, 2.24) is 14.8 Å². The van der Waals surface area contributed by atoms with Crippen LogP contribution in [0.25, 0.3) is 5.69 Å². The predicted octanol–water partition coefficient (Wildman–Crippen LogP) is 6.00. The number of benzene rings is 3. The third-order valence-electron chi connectivity index (χ3n) is 6.58. The number of amidine groups is 1. The molecule has 1 aromatic heterocycles. The Morgan fingerprint density at radius 1 is 1.13 bits per heavy atom. The van der Waals surface area contributed by atoms with Gasteiger partial charge in [-0.3, -0.25) is 9.69 Å². The second-order valence-electron chi connectivity index (χ2n) is 10.0. The van der Waals surface area contributed by atoms with Crippen LogP contribution in [0.5, 0.6) is 5.75 Å². The number of halogens is 4. The largest absolute Gasteiger partial charge is 0.573 e. The first-order valence-corrected chi connectivity index (χ1v) is 14.9. The van der Waals surface area contributed by atoms with Crippen LogP contribution in [0.2, 0.25) is 0 Å². The lowest BCUT2D eigenvalue weighted by molar-refractivity contribution is -0.274. The van der Waals surface area contributed by atoms with E-state index in [0.29, 0.717) is 22.4 Å². The molecule has 1 aliphatic rings. The van der Waals surface area contributed by atoms with E-state index < -0.39 is 18.5 Å². The molecule has 1 saturated heterocycles. The fourth-order valence-corrected chi connectivity index (χ4v) is 5.45. The van der Waals surface area contributed by atoms with Gasteiger partial charge in [0, 0.05) is 5.69 Å². The van der Waals surface area contributed by atoms with Crippen molar-refractivity contribution in [2.75, 3.05) is 21.3 Å². The van der Waals surface area contributed by atoms with Gasteiger partial charge in [0.1, 0.15) is 17.9 Å². The van der Waals surface area contributed by atoms with E-state index in [1.165, 1.54) is 64.1 Å². The van der Waals surface area contributed by atoms with Crippen molar-refractivity contribution in [1.29, 1.82) is 0 Å². The normalized spacial score (nSPS) is 15.0. The number of thioether (sulfide) groups is 1. The van der Waals surface area contributed by atoms with Crippen LogP contribution in [-0.2, 0) is 17.8 Å². The smallest absolute Gasteiger partial charge is 0.406 e. The van der Waals surface area contributed by atoms with Gasteiger partial charge in [-0.2, -0.15) is 0 Å². The number of amides is 1.